The van der Waals surface area contributed by atoms with Crippen molar-refractivity contribution in [2.45, 2.75) is 52.0 Å². The average molecular weight is 270 g/mol. The van der Waals surface area contributed by atoms with E-state index in [1.165, 1.54) is 0 Å². The highest BCUT2D eigenvalue weighted by molar-refractivity contribution is 5.78. The Morgan fingerprint density at radius 3 is 2.68 bits per heavy atom. The van der Waals surface area contributed by atoms with Crippen molar-refractivity contribution in [1.82, 2.24) is 10.2 Å². The van der Waals surface area contributed by atoms with Crippen LogP contribution in [0.1, 0.15) is 46.5 Å². The van der Waals surface area contributed by atoms with Gasteiger partial charge in [0.15, 0.2) is 0 Å². The molecule has 1 aliphatic rings. The summed E-state index contributed by atoms with van der Waals surface area (Å²) in [5.74, 6) is -0.538. The van der Waals surface area contributed by atoms with Crippen LogP contribution in [0.3, 0.4) is 0 Å². The van der Waals surface area contributed by atoms with Crippen molar-refractivity contribution in [2.75, 3.05) is 19.6 Å². The van der Waals surface area contributed by atoms with Gasteiger partial charge in [-0.15, -0.1) is 0 Å². The number of carbonyl (C=O) groups is 2. The topological polar surface area (TPSA) is 69.6 Å². The molecule has 0 aromatic carbocycles. The summed E-state index contributed by atoms with van der Waals surface area (Å²) in [6.45, 7) is 8.04. The largest absolute Gasteiger partial charge is 0.481 e. The van der Waals surface area contributed by atoms with Gasteiger partial charge in [-0.2, -0.15) is 0 Å². The number of aliphatic carboxylic acids is 1. The highest BCUT2D eigenvalue weighted by Crippen LogP contribution is 2.19. The number of hydrogen-bond donors (Lipinski definition) is 2. The number of piperidine rings is 1. The van der Waals surface area contributed by atoms with Crippen molar-refractivity contribution < 1.29 is 14.7 Å². The van der Waals surface area contributed by atoms with Gasteiger partial charge in [-0.05, 0) is 45.6 Å². The number of hydrogen-bond acceptors (Lipinski definition) is 3. The Kier molecular flexibility index (Phi) is 5.79. The van der Waals surface area contributed by atoms with E-state index in [4.69, 9.17) is 5.11 Å². The summed E-state index contributed by atoms with van der Waals surface area (Å²) in [6, 6.07) is 0. The van der Waals surface area contributed by atoms with Crippen LogP contribution >= 0.6 is 0 Å². The predicted octanol–water partition coefficient (Wildman–Crippen LogP) is 1.48. The number of carbonyl (C=O) groups excluding carboxylic acids is 1. The second-order valence-corrected chi connectivity index (χ2v) is 6.13. The lowest BCUT2D eigenvalue weighted by molar-refractivity contribution is -0.138. The van der Waals surface area contributed by atoms with Crippen LogP contribution in [0.5, 0.6) is 0 Å². The first kappa shape index (κ1) is 16.0. The van der Waals surface area contributed by atoms with Crippen LogP contribution in [-0.2, 0) is 9.59 Å². The van der Waals surface area contributed by atoms with Gasteiger partial charge in [-0.3, -0.25) is 14.5 Å². The van der Waals surface area contributed by atoms with Crippen molar-refractivity contribution in [3.63, 3.8) is 0 Å². The molecule has 2 N–H and O–H groups in total. The zero-order valence-corrected chi connectivity index (χ0v) is 12.2. The molecule has 1 rings (SSSR count). The first-order valence-electron chi connectivity index (χ1n) is 7.07. The normalized spacial score (nSPS) is 21.1. The molecule has 0 bridgehead atoms. The first-order valence-corrected chi connectivity index (χ1v) is 7.07. The third-order valence-corrected chi connectivity index (χ3v) is 3.80. The van der Waals surface area contributed by atoms with Gasteiger partial charge in [0, 0.05) is 18.5 Å². The van der Waals surface area contributed by atoms with Gasteiger partial charge < -0.3 is 10.4 Å². The molecule has 1 heterocycles. The summed E-state index contributed by atoms with van der Waals surface area (Å²) < 4.78 is 0. The van der Waals surface area contributed by atoms with Gasteiger partial charge in [0.05, 0.1) is 6.54 Å². The van der Waals surface area contributed by atoms with Crippen LogP contribution < -0.4 is 5.32 Å². The summed E-state index contributed by atoms with van der Waals surface area (Å²) >= 11 is 0. The molecular weight excluding hydrogens is 244 g/mol. The van der Waals surface area contributed by atoms with Crippen molar-refractivity contribution in [3.05, 3.63) is 0 Å². The van der Waals surface area contributed by atoms with Crippen molar-refractivity contribution in [3.8, 4) is 0 Å². The Balaban J connectivity index is 2.39. The minimum atomic E-state index is -0.747. The molecule has 1 fully saturated rings. The van der Waals surface area contributed by atoms with Crippen molar-refractivity contribution >= 4 is 11.9 Å². The van der Waals surface area contributed by atoms with Gasteiger partial charge in [0.1, 0.15) is 0 Å². The highest BCUT2D eigenvalue weighted by Gasteiger charge is 2.25. The third-order valence-electron chi connectivity index (χ3n) is 3.80. The fourth-order valence-electron chi connectivity index (χ4n) is 2.42. The summed E-state index contributed by atoms with van der Waals surface area (Å²) in [6.07, 6.45) is 3.02. The van der Waals surface area contributed by atoms with Gasteiger partial charge >= 0.3 is 5.97 Å². The summed E-state index contributed by atoms with van der Waals surface area (Å²) in [4.78, 5) is 24.7. The lowest BCUT2D eigenvalue weighted by Gasteiger charge is -2.33. The van der Waals surface area contributed by atoms with Crippen LogP contribution in [0.2, 0.25) is 0 Å². The van der Waals surface area contributed by atoms with E-state index in [2.05, 4.69) is 10.2 Å². The van der Waals surface area contributed by atoms with Crippen LogP contribution in [0.25, 0.3) is 0 Å². The van der Waals surface area contributed by atoms with Crippen LogP contribution in [-0.4, -0.2) is 47.1 Å². The molecule has 1 atom stereocenters. The minimum absolute atomic E-state index is 0.0304. The molecule has 1 saturated heterocycles. The maximum atomic E-state index is 11.9. The van der Waals surface area contributed by atoms with E-state index >= 15 is 0 Å². The third kappa shape index (κ3) is 6.05. The second-order valence-electron chi connectivity index (χ2n) is 6.13. The van der Waals surface area contributed by atoms with Crippen LogP contribution in [0, 0.1) is 5.92 Å². The number of rotatable bonds is 6. The minimum Gasteiger partial charge on any atom is -0.481 e. The highest BCUT2D eigenvalue weighted by atomic mass is 16.4. The standard InChI is InChI=1S/C14H26N2O3/c1-4-14(2,3)15-12(17)10-16-7-5-6-11(9-16)8-13(18)19/h11H,4-10H2,1-3H3,(H,15,17)(H,18,19). The van der Waals surface area contributed by atoms with Gasteiger partial charge in [0.2, 0.25) is 5.91 Å². The molecule has 19 heavy (non-hydrogen) atoms. The Labute approximate surface area is 115 Å². The Bertz CT molecular complexity index is 329. The van der Waals surface area contributed by atoms with Gasteiger partial charge in [0.25, 0.3) is 0 Å². The Morgan fingerprint density at radius 1 is 1.42 bits per heavy atom. The average Bonchev–Trinajstić information content (AvgIpc) is 2.27. The Morgan fingerprint density at radius 2 is 2.11 bits per heavy atom. The molecule has 0 radical (unpaired) electrons. The van der Waals surface area contributed by atoms with E-state index in [0.29, 0.717) is 13.1 Å². The fraction of sp³-hybridized carbons (Fsp3) is 0.857. The summed E-state index contributed by atoms with van der Waals surface area (Å²) in [7, 11) is 0. The Hall–Kier alpha value is -1.10. The lowest BCUT2D eigenvalue weighted by Crippen LogP contribution is -2.49. The fourth-order valence-corrected chi connectivity index (χ4v) is 2.42. The van der Waals surface area contributed by atoms with Crippen LogP contribution in [0.4, 0.5) is 0 Å². The maximum absolute atomic E-state index is 11.9. The summed E-state index contributed by atoms with van der Waals surface area (Å²) in [5.41, 5.74) is -0.173. The smallest absolute Gasteiger partial charge is 0.303 e. The molecule has 0 aromatic rings. The zero-order chi connectivity index (χ0) is 14.5. The van der Waals surface area contributed by atoms with E-state index in [1.54, 1.807) is 0 Å². The van der Waals surface area contributed by atoms with Crippen molar-refractivity contribution in [2.24, 2.45) is 5.92 Å². The van der Waals surface area contributed by atoms with E-state index in [9.17, 15) is 9.59 Å². The zero-order valence-electron chi connectivity index (χ0n) is 12.2. The molecule has 0 saturated carbocycles. The first-order chi connectivity index (χ1) is 8.82. The van der Waals surface area contributed by atoms with Gasteiger partial charge in [-0.25, -0.2) is 0 Å². The molecule has 5 heteroatoms. The molecule has 0 aromatic heterocycles. The van der Waals surface area contributed by atoms with E-state index in [-0.39, 0.29) is 23.8 Å². The molecule has 1 unspecified atom stereocenters. The van der Waals surface area contributed by atoms with Crippen LogP contribution in [0.15, 0.2) is 0 Å². The number of carboxylic acid groups (broad SMARTS) is 1. The SMILES string of the molecule is CCC(C)(C)NC(=O)CN1CCCC(CC(=O)O)C1. The molecule has 0 spiro atoms. The van der Waals surface area contributed by atoms with E-state index < -0.39 is 5.97 Å². The summed E-state index contributed by atoms with van der Waals surface area (Å²) in [5, 5.41) is 11.8. The monoisotopic (exact) mass is 270 g/mol. The number of amides is 1. The predicted molar refractivity (Wildman–Crippen MR) is 73.9 cm³/mol. The quantitative estimate of drug-likeness (QED) is 0.767. The molecule has 0 aliphatic carbocycles. The molecular formula is C14H26N2O3. The van der Waals surface area contributed by atoms with Gasteiger partial charge in [-0.1, -0.05) is 6.92 Å². The van der Waals surface area contributed by atoms with E-state index in [0.717, 1.165) is 25.8 Å². The molecule has 5 nitrogen and oxygen atoms in total. The second kappa shape index (κ2) is 6.89. The maximum Gasteiger partial charge on any atom is 0.303 e. The number of nitrogens with one attached hydrogen (secondary N) is 1. The molecule has 1 amide bonds. The number of likely N-dealkylation sites (tertiary alicyclic amines) is 1. The number of carboxylic acids is 1. The van der Waals surface area contributed by atoms with E-state index in [1.807, 2.05) is 20.8 Å². The van der Waals surface area contributed by atoms with Crippen molar-refractivity contribution in [1.29, 1.82) is 0 Å². The lowest BCUT2D eigenvalue weighted by atomic mass is 9.95. The molecule has 110 valence electrons. The molecule has 1 aliphatic heterocycles. The number of nitrogens with zero attached hydrogens (tertiary/aromatic N) is 1.